The van der Waals surface area contributed by atoms with Gasteiger partial charge >= 0.3 is 5.97 Å². The molecule has 6 nitrogen and oxygen atoms in total. The number of H-pyrrole nitrogens is 1. The van der Waals surface area contributed by atoms with Crippen molar-refractivity contribution in [1.29, 1.82) is 0 Å². The first-order valence-electron chi connectivity index (χ1n) is 8.97. The quantitative estimate of drug-likeness (QED) is 0.394. The van der Waals surface area contributed by atoms with Crippen molar-refractivity contribution in [2.75, 3.05) is 5.75 Å². The van der Waals surface area contributed by atoms with Gasteiger partial charge in [0.25, 0.3) is 0 Å². The number of carboxylic acids is 1. The van der Waals surface area contributed by atoms with Gasteiger partial charge in [0.1, 0.15) is 6.04 Å². The van der Waals surface area contributed by atoms with Crippen molar-refractivity contribution in [2.24, 2.45) is 5.73 Å². The first kappa shape index (κ1) is 21.5. The number of aromatic nitrogens is 1. The average Bonchev–Trinajstić information content (AvgIpc) is 3.12. The van der Waals surface area contributed by atoms with Crippen molar-refractivity contribution in [3.63, 3.8) is 0 Å². The number of nitrogens with one attached hydrogen (secondary N) is 2. The van der Waals surface area contributed by atoms with E-state index in [4.69, 9.17) is 5.73 Å². The lowest BCUT2D eigenvalue weighted by molar-refractivity contribution is -0.141. The normalized spacial score (nSPS) is 11.4. The fourth-order valence-corrected chi connectivity index (χ4v) is 2.91. The highest BCUT2D eigenvalue weighted by Crippen LogP contribution is 2.19. The second kappa shape index (κ2) is 11.2. The van der Waals surface area contributed by atoms with Crippen LogP contribution in [0.4, 0.5) is 0 Å². The number of hydrogen-bond acceptors (Lipinski definition) is 4. The van der Waals surface area contributed by atoms with Crippen LogP contribution in [-0.4, -0.2) is 33.8 Å². The van der Waals surface area contributed by atoms with E-state index >= 15 is 0 Å². The topological polar surface area (TPSA) is 108 Å². The number of amides is 1. The van der Waals surface area contributed by atoms with Gasteiger partial charge in [-0.05, 0) is 22.9 Å². The maximum Gasteiger partial charge on any atom is 0.326 e. The molecule has 1 atom stereocenters. The molecule has 0 unspecified atom stereocenters. The third-order valence-corrected chi connectivity index (χ3v) is 4.37. The molecule has 28 heavy (non-hydrogen) atoms. The minimum atomic E-state index is -1.04. The van der Waals surface area contributed by atoms with Crippen LogP contribution >= 0.6 is 12.6 Å². The number of para-hydroxylation sites is 1. The van der Waals surface area contributed by atoms with Gasteiger partial charge in [-0.2, -0.15) is 12.6 Å². The van der Waals surface area contributed by atoms with Crippen LogP contribution in [0.3, 0.4) is 0 Å². The predicted molar refractivity (Wildman–Crippen MR) is 114 cm³/mol. The maximum atomic E-state index is 11.5. The molecule has 0 saturated heterocycles. The SMILES string of the molecule is NCc1ccccc1.O=C(CCS)N[C@@H](Cc1c[nH]c2ccccc12)C(=O)O. The Morgan fingerprint density at radius 3 is 2.39 bits per heavy atom. The van der Waals surface area contributed by atoms with Crippen LogP contribution in [0, 0.1) is 0 Å². The summed E-state index contributed by atoms with van der Waals surface area (Å²) in [4.78, 5) is 25.9. The molecule has 7 heteroatoms. The molecule has 1 heterocycles. The molecule has 0 aliphatic carbocycles. The monoisotopic (exact) mass is 399 g/mol. The molecule has 0 radical (unpaired) electrons. The lowest BCUT2D eigenvalue weighted by atomic mass is 10.0. The number of aromatic amines is 1. The molecule has 0 saturated carbocycles. The number of rotatable bonds is 7. The van der Waals surface area contributed by atoms with Crippen LogP contribution in [0.25, 0.3) is 10.9 Å². The number of carbonyl (C=O) groups excluding carboxylic acids is 1. The second-order valence-electron chi connectivity index (χ2n) is 6.19. The van der Waals surface area contributed by atoms with E-state index in [2.05, 4.69) is 22.9 Å². The molecule has 0 fully saturated rings. The second-order valence-corrected chi connectivity index (χ2v) is 6.63. The summed E-state index contributed by atoms with van der Waals surface area (Å²) in [5.74, 6) is -0.944. The molecular formula is C21H25N3O3S. The van der Waals surface area contributed by atoms with Gasteiger partial charge in [0.05, 0.1) is 0 Å². The summed E-state index contributed by atoms with van der Waals surface area (Å²) in [6, 6.07) is 16.7. The number of nitrogens with two attached hydrogens (primary N) is 1. The van der Waals surface area contributed by atoms with Crippen LogP contribution in [0.5, 0.6) is 0 Å². The largest absolute Gasteiger partial charge is 0.480 e. The van der Waals surface area contributed by atoms with E-state index in [9.17, 15) is 14.7 Å². The fourth-order valence-electron chi connectivity index (χ4n) is 2.70. The molecule has 2 aromatic carbocycles. The van der Waals surface area contributed by atoms with Crippen LogP contribution < -0.4 is 11.1 Å². The Hall–Kier alpha value is -2.77. The summed E-state index contributed by atoms with van der Waals surface area (Å²) in [5.41, 5.74) is 8.36. The summed E-state index contributed by atoms with van der Waals surface area (Å²) < 4.78 is 0. The van der Waals surface area contributed by atoms with Crippen molar-refractivity contribution in [3.05, 3.63) is 71.9 Å². The minimum Gasteiger partial charge on any atom is -0.480 e. The molecule has 0 spiro atoms. The lowest BCUT2D eigenvalue weighted by Gasteiger charge is -2.13. The van der Waals surface area contributed by atoms with Gasteiger partial charge in [-0.1, -0.05) is 48.5 Å². The highest BCUT2D eigenvalue weighted by molar-refractivity contribution is 7.80. The van der Waals surface area contributed by atoms with Gasteiger partial charge in [-0.15, -0.1) is 0 Å². The Balaban J connectivity index is 0.000000292. The molecule has 3 rings (SSSR count). The molecule has 3 aromatic rings. The van der Waals surface area contributed by atoms with E-state index in [1.807, 2.05) is 54.6 Å². The van der Waals surface area contributed by atoms with E-state index in [0.29, 0.717) is 12.3 Å². The van der Waals surface area contributed by atoms with E-state index in [-0.39, 0.29) is 18.7 Å². The minimum absolute atomic E-state index is 0.209. The average molecular weight is 400 g/mol. The Kier molecular flexibility index (Phi) is 8.58. The van der Waals surface area contributed by atoms with Crippen molar-refractivity contribution in [3.8, 4) is 0 Å². The Labute approximate surface area is 169 Å². The van der Waals surface area contributed by atoms with Crippen molar-refractivity contribution >= 4 is 35.4 Å². The van der Waals surface area contributed by atoms with Gasteiger partial charge in [0, 0.05) is 36.5 Å². The van der Waals surface area contributed by atoms with Crippen molar-refractivity contribution in [1.82, 2.24) is 10.3 Å². The van der Waals surface area contributed by atoms with Gasteiger partial charge < -0.3 is 21.1 Å². The zero-order chi connectivity index (χ0) is 20.4. The van der Waals surface area contributed by atoms with Crippen LogP contribution in [0.2, 0.25) is 0 Å². The zero-order valence-corrected chi connectivity index (χ0v) is 16.4. The van der Waals surface area contributed by atoms with Crippen LogP contribution in [0.1, 0.15) is 17.5 Å². The highest BCUT2D eigenvalue weighted by atomic mass is 32.1. The molecule has 1 amide bonds. The standard InChI is InChI=1S/C14H16N2O3S.C7H9N/c17-13(5-6-20)16-12(14(18)19)7-9-8-15-11-4-2-1-3-10(9)11;8-6-7-4-2-1-3-5-7/h1-4,8,12,15,20H,5-7H2,(H,16,17)(H,18,19);1-5H,6,8H2/t12-;/m0./s1. The van der Waals surface area contributed by atoms with Crippen LogP contribution in [-0.2, 0) is 22.6 Å². The third-order valence-electron chi connectivity index (χ3n) is 4.15. The summed E-state index contributed by atoms with van der Waals surface area (Å²) in [6.07, 6.45) is 2.24. The number of aliphatic carboxylic acids is 1. The Morgan fingerprint density at radius 2 is 1.79 bits per heavy atom. The molecule has 1 aromatic heterocycles. The summed E-state index contributed by atoms with van der Waals surface area (Å²) in [6.45, 7) is 0.640. The van der Waals surface area contributed by atoms with E-state index < -0.39 is 12.0 Å². The summed E-state index contributed by atoms with van der Waals surface area (Å²) in [7, 11) is 0. The number of carbonyl (C=O) groups is 2. The van der Waals surface area contributed by atoms with E-state index in [0.717, 1.165) is 16.5 Å². The number of hydrogen-bond donors (Lipinski definition) is 5. The van der Waals surface area contributed by atoms with Crippen molar-refractivity contribution in [2.45, 2.75) is 25.4 Å². The van der Waals surface area contributed by atoms with E-state index in [1.54, 1.807) is 6.20 Å². The summed E-state index contributed by atoms with van der Waals surface area (Å²) in [5, 5.41) is 12.7. The van der Waals surface area contributed by atoms with Gasteiger partial charge in [0.2, 0.25) is 5.91 Å². The number of thiol groups is 1. The third kappa shape index (κ3) is 6.44. The maximum absolute atomic E-state index is 11.5. The highest BCUT2D eigenvalue weighted by Gasteiger charge is 2.21. The van der Waals surface area contributed by atoms with Crippen molar-refractivity contribution < 1.29 is 14.7 Å². The molecule has 0 bridgehead atoms. The van der Waals surface area contributed by atoms with Gasteiger partial charge in [-0.3, -0.25) is 4.79 Å². The van der Waals surface area contributed by atoms with E-state index in [1.165, 1.54) is 5.56 Å². The molecule has 148 valence electrons. The Bertz CT molecular complexity index is 896. The number of carboxylic acid groups (broad SMARTS) is 1. The van der Waals surface area contributed by atoms with Crippen LogP contribution in [0.15, 0.2) is 60.8 Å². The van der Waals surface area contributed by atoms with Gasteiger partial charge in [-0.25, -0.2) is 4.79 Å². The predicted octanol–water partition coefficient (Wildman–Crippen LogP) is 2.75. The molecule has 0 aliphatic rings. The van der Waals surface area contributed by atoms with Gasteiger partial charge in [0.15, 0.2) is 0 Å². The summed E-state index contributed by atoms with van der Waals surface area (Å²) >= 11 is 3.96. The molecular weight excluding hydrogens is 374 g/mol. The zero-order valence-electron chi connectivity index (χ0n) is 15.5. The first-order chi connectivity index (χ1) is 13.5. The molecule has 5 N–H and O–H groups in total. The number of fused-ring (bicyclic) bond motifs is 1. The Morgan fingerprint density at radius 1 is 1.11 bits per heavy atom. The first-order valence-corrected chi connectivity index (χ1v) is 9.60. The fraction of sp³-hybridized carbons (Fsp3) is 0.238. The number of benzene rings is 2. The lowest BCUT2D eigenvalue weighted by Crippen LogP contribution is -2.42. The smallest absolute Gasteiger partial charge is 0.326 e. The molecule has 0 aliphatic heterocycles.